The van der Waals surface area contributed by atoms with E-state index in [0.29, 0.717) is 11.9 Å². The highest BCUT2D eigenvalue weighted by Gasteiger charge is 2.22. The molecule has 1 fully saturated rings. The van der Waals surface area contributed by atoms with Crippen LogP contribution in [0.3, 0.4) is 0 Å². The van der Waals surface area contributed by atoms with Crippen molar-refractivity contribution in [3.05, 3.63) is 35.1 Å². The lowest BCUT2D eigenvalue weighted by molar-refractivity contribution is 0.201. The van der Waals surface area contributed by atoms with Gasteiger partial charge in [0.05, 0.1) is 0 Å². The third-order valence-electron chi connectivity index (χ3n) is 3.89. The fraction of sp³-hybridized carbons (Fsp3) is 0.600. The van der Waals surface area contributed by atoms with Gasteiger partial charge >= 0.3 is 0 Å². The van der Waals surface area contributed by atoms with Gasteiger partial charge in [0.25, 0.3) is 0 Å². The molecule has 1 aromatic carbocycles. The highest BCUT2D eigenvalue weighted by molar-refractivity contribution is 6.18. The van der Waals surface area contributed by atoms with E-state index in [4.69, 9.17) is 11.6 Å². The molecule has 1 aromatic rings. The Bertz CT molecular complexity index is 388. The molecule has 0 heterocycles. The van der Waals surface area contributed by atoms with E-state index < -0.39 is 0 Å². The monoisotopic (exact) mass is 269 g/mol. The maximum Gasteiger partial charge on any atom is 0.123 e. The molecule has 1 saturated carbocycles. The first-order valence-electron chi connectivity index (χ1n) is 6.75. The largest absolute Gasteiger partial charge is 0.295 e. The molecule has 0 atom stereocenters. The Labute approximate surface area is 114 Å². The van der Waals surface area contributed by atoms with Crippen molar-refractivity contribution in [2.45, 2.75) is 45.2 Å². The molecule has 0 bridgehead atoms. The molecule has 0 aliphatic heterocycles. The normalized spacial score (nSPS) is 16.7. The van der Waals surface area contributed by atoms with Crippen LogP contribution in [0, 0.1) is 12.7 Å². The van der Waals surface area contributed by atoms with E-state index >= 15 is 0 Å². The van der Waals surface area contributed by atoms with Crippen molar-refractivity contribution in [3.8, 4) is 0 Å². The van der Waals surface area contributed by atoms with Crippen molar-refractivity contribution in [2.75, 3.05) is 12.4 Å². The Balaban J connectivity index is 2.07. The molecule has 2 rings (SSSR count). The van der Waals surface area contributed by atoms with Crippen LogP contribution in [0.2, 0.25) is 0 Å². The number of aryl methyl sites for hydroxylation is 1. The fourth-order valence-electron chi connectivity index (χ4n) is 2.82. The van der Waals surface area contributed by atoms with Crippen molar-refractivity contribution in [1.29, 1.82) is 0 Å². The van der Waals surface area contributed by atoms with E-state index in [9.17, 15) is 4.39 Å². The Morgan fingerprint density at radius 3 is 2.67 bits per heavy atom. The topological polar surface area (TPSA) is 3.24 Å². The Kier molecular flexibility index (Phi) is 5.02. The van der Waals surface area contributed by atoms with Gasteiger partial charge in [0.15, 0.2) is 0 Å². The molecular weight excluding hydrogens is 249 g/mol. The van der Waals surface area contributed by atoms with Crippen LogP contribution in [-0.4, -0.2) is 23.4 Å². The standard InChI is InChI=1S/C15H21ClFN/c1-12-10-14(17)7-6-13(12)11-18(9-8-16)15-4-2-3-5-15/h6-7,10,15H,2-5,8-9,11H2,1H3. The number of nitrogens with zero attached hydrogens (tertiary/aromatic N) is 1. The van der Waals surface area contributed by atoms with Crippen molar-refractivity contribution >= 4 is 11.6 Å². The quantitative estimate of drug-likeness (QED) is 0.727. The maximum atomic E-state index is 13.1. The molecule has 0 unspecified atom stereocenters. The zero-order chi connectivity index (χ0) is 13.0. The average Bonchev–Trinajstić information content (AvgIpc) is 2.85. The minimum atomic E-state index is -0.152. The lowest BCUT2D eigenvalue weighted by atomic mass is 10.1. The zero-order valence-corrected chi connectivity index (χ0v) is 11.7. The Hall–Kier alpha value is -0.600. The van der Waals surface area contributed by atoms with Crippen LogP contribution in [0.4, 0.5) is 4.39 Å². The van der Waals surface area contributed by atoms with Gasteiger partial charge in [-0.3, -0.25) is 4.90 Å². The Morgan fingerprint density at radius 2 is 2.06 bits per heavy atom. The van der Waals surface area contributed by atoms with Gasteiger partial charge < -0.3 is 0 Å². The first-order chi connectivity index (χ1) is 8.70. The van der Waals surface area contributed by atoms with Gasteiger partial charge in [-0.2, -0.15) is 0 Å². The van der Waals surface area contributed by atoms with E-state index in [-0.39, 0.29) is 5.82 Å². The van der Waals surface area contributed by atoms with E-state index in [1.165, 1.54) is 31.2 Å². The van der Waals surface area contributed by atoms with Gasteiger partial charge in [-0.15, -0.1) is 11.6 Å². The summed E-state index contributed by atoms with van der Waals surface area (Å²) in [6.45, 7) is 3.79. The van der Waals surface area contributed by atoms with Gasteiger partial charge in [-0.25, -0.2) is 4.39 Å². The summed E-state index contributed by atoms with van der Waals surface area (Å²) < 4.78 is 13.1. The molecule has 1 nitrogen and oxygen atoms in total. The summed E-state index contributed by atoms with van der Waals surface area (Å²) in [7, 11) is 0. The number of halogens is 2. The van der Waals surface area contributed by atoms with Gasteiger partial charge in [-0.05, 0) is 43.0 Å². The number of hydrogen-bond donors (Lipinski definition) is 0. The second kappa shape index (κ2) is 6.53. The van der Waals surface area contributed by atoms with Crippen molar-refractivity contribution in [2.24, 2.45) is 0 Å². The number of rotatable bonds is 5. The predicted octanol–water partition coefficient (Wildman–Crippen LogP) is 4.12. The number of alkyl halides is 1. The van der Waals surface area contributed by atoms with E-state index in [0.717, 1.165) is 18.7 Å². The van der Waals surface area contributed by atoms with E-state index in [1.54, 1.807) is 12.1 Å². The lowest BCUT2D eigenvalue weighted by Crippen LogP contribution is -2.34. The molecule has 1 aliphatic rings. The minimum absolute atomic E-state index is 0.152. The van der Waals surface area contributed by atoms with Crippen LogP contribution >= 0.6 is 11.6 Å². The summed E-state index contributed by atoms with van der Waals surface area (Å²) in [6, 6.07) is 5.73. The molecule has 100 valence electrons. The van der Waals surface area contributed by atoms with Gasteiger partial charge in [0, 0.05) is 25.0 Å². The van der Waals surface area contributed by atoms with Crippen LogP contribution in [0.25, 0.3) is 0 Å². The third-order valence-corrected chi connectivity index (χ3v) is 4.06. The van der Waals surface area contributed by atoms with Gasteiger partial charge in [-0.1, -0.05) is 18.9 Å². The molecule has 1 aliphatic carbocycles. The predicted molar refractivity (Wildman–Crippen MR) is 74.5 cm³/mol. The van der Waals surface area contributed by atoms with Crippen LogP contribution in [0.5, 0.6) is 0 Å². The average molecular weight is 270 g/mol. The van der Waals surface area contributed by atoms with Crippen LogP contribution < -0.4 is 0 Å². The second-order valence-corrected chi connectivity index (χ2v) is 5.55. The first-order valence-corrected chi connectivity index (χ1v) is 7.29. The molecule has 0 N–H and O–H groups in total. The molecule has 0 spiro atoms. The molecule has 0 amide bonds. The fourth-order valence-corrected chi connectivity index (χ4v) is 3.04. The number of hydrogen-bond acceptors (Lipinski definition) is 1. The van der Waals surface area contributed by atoms with Crippen LogP contribution in [0.1, 0.15) is 36.8 Å². The summed E-state index contributed by atoms with van der Waals surface area (Å²) in [6.07, 6.45) is 5.20. The van der Waals surface area contributed by atoms with Crippen molar-refractivity contribution in [3.63, 3.8) is 0 Å². The summed E-state index contributed by atoms with van der Waals surface area (Å²) in [5.41, 5.74) is 2.25. The summed E-state index contributed by atoms with van der Waals surface area (Å²) >= 11 is 5.90. The van der Waals surface area contributed by atoms with Crippen LogP contribution in [0.15, 0.2) is 18.2 Å². The molecule has 0 radical (unpaired) electrons. The lowest BCUT2D eigenvalue weighted by Gasteiger charge is -2.28. The maximum absolute atomic E-state index is 13.1. The van der Waals surface area contributed by atoms with Crippen LogP contribution in [-0.2, 0) is 6.54 Å². The van der Waals surface area contributed by atoms with Crippen molar-refractivity contribution < 1.29 is 4.39 Å². The van der Waals surface area contributed by atoms with E-state index in [2.05, 4.69) is 4.90 Å². The highest BCUT2D eigenvalue weighted by atomic mass is 35.5. The molecule has 3 heteroatoms. The molecule has 18 heavy (non-hydrogen) atoms. The smallest absolute Gasteiger partial charge is 0.123 e. The molecule has 0 aromatic heterocycles. The Morgan fingerprint density at radius 1 is 1.33 bits per heavy atom. The first kappa shape index (κ1) is 13.8. The summed E-state index contributed by atoms with van der Waals surface area (Å²) in [4.78, 5) is 2.46. The third kappa shape index (κ3) is 3.46. The summed E-state index contributed by atoms with van der Waals surface area (Å²) in [5, 5.41) is 0. The molecule has 0 saturated heterocycles. The van der Waals surface area contributed by atoms with Crippen molar-refractivity contribution in [1.82, 2.24) is 4.90 Å². The zero-order valence-electron chi connectivity index (χ0n) is 11.0. The minimum Gasteiger partial charge on any atom is -0.295 e. The van der Waals surface area contributed by atoms with E-state index in [1.807, 2.05) is 13.0 Å². The van der Waals surface area contributed by atoms with Gasteiger partial charge in [0.1, 0.15) is 5.82 Å². The highest BCUT2D eigenvalue weighted by Crippen LogP contribution is 2.25. The SMILES string of the molecule is Cc1cc(F)ccc1CN(CCCl)C1CCCC1. The summed E-state index contributed by atoms with van der Waals surface area (Å²) in [5.74, 6) is 0.512. The number of benzene rings is 1. The van der Waals surface area contributed by atoms with Gasteiger partial charge in [0.2, 0.25) is 0 Å². The molecular formula is C15H21ClFN. The second-order valence-electron chi connectivity index (χ2n) is 5.17.